The Hall–Kier alpha value is -2.68. The Morgan fingerprint density at radius 2 is 1.96 bits per heavy atom. The zero-order chi connectivity index (χ0) is 19.0. The molecule has 0 radical (unpaired) electrons. The van der Waals surface area contributed by atoms with E-state index >= 15 is 0 Å². The van der Waals surface area contributed by atoms with Crippen LogP contribution in [-0.2, 0) is 4.74 Å². The third-order valence-corrected chi connectivity index (χ3v) is 5.03. The van der Waals surface area contributed by atoms with E-state index in [1.807, 2.05) is 24.3 Å². The standard InChI is InChI=1S/C17H19N5O3S/c1-8-6-9(2)22-16(18-8)20-21-17(22)26-7-12(23)14-10(3)13(11(4)19-14)15(24)25-5/h6,19H,7H2,1-5H3. The Labute approximate surface area is 154 Å². The molecule has 0 spiro atoms. The molecular formula is C17H19N5O3S. The van der Waals surface area contributed by atoms with Crippen LogP contribution in [0.2, 0.25) is 0 Å². The third kappa shape index (κ3) is 3.10. The number of fused-ring (bicyclic) bond motifs is 1. The number of esters is 1. The van der Waals surface area contributed by atoms with Crippen LogP contribution in [0.4, 0.5) is 0 Å². The Morgan fingerprint density at radius 3 is 2.65 bits per heavy atom. The number of methoxy groups -OCH3 is 1. The fourth-order valence-electron chi connectivity index (χ4n) is 2.93. The maximum Gasteiger partial charge on any atom is 0.339 e. The molecule has 3 heterocycles. The van der Waals surface area contributed by atoms with Gasteiger partial charge in [-0.15, -0.1) is 10.2 Å². The highest BCUT2D eigenvalue weighted by Gasteiger charge is 2.23. The molecule has 26 heavy (non-hydrogen) atoms. The highest BCUT2D eigenvalue weighted by molar-refractivity contribution is 7.99. The quantitative estimate of drug-likeness (QED) is 0.416. The summed E-state index contributed by atoms with van der Waals surface area (Å²) >= 11 is 1.28. The zero-order valence-electron chi connectivity index (χ0n) is 15.2. The summed E-state index contributed by atoms with van der Waals surface area (Å²) in [6, 6.07) is 1.93. The second-order valence-electron chi connectivity index (χ2n) is 5.99. The molecule has 0 saturated heterocycles. The topological polar surface area (TPSA) is 102 Å². The molecule has 3 aromatic rings. The molecule has 0 aromatic carbocycles. The highest BCUT2D eigenvalue weighted by Crippen LogP contribution is 2.23. The van der Waals surface area contributed by atoms with E-state index in [1.54, 1.807) is 13.8 Å². The van der Waals surface area contributed by atoms with E-state index in [-0.39, 0.29) is 11.5 Å². The molecule has 8 nitrogen and oxygen atoms in total. The van der Waals surface area contributed by atoms with Crippen molar-refractivity contribution >= 4 is 29.3 Å². The predicted molar refractivity (Wildman–Crippen MR) is 96.9 cm³/mol. The van der Waals surface area contributed by atoms with Gasteiger partial charge in [0.2, 0.25) is 0 Å². The number of aryl methyl sites for hydroxylation is 3. The first-order valence-corrected chi connectivity index (χ1v) is 8.95. The number of ether oxygens (including phenoxy) is 1. The summed E-state index contributed by atoms with van der Waals surface area (Å²) in [5.41, 5.74) is 3.85. The van der Waals surface area contributed by atoms with Gasteiger partial charge in [-0.2, -0.15) is 0 Å². The van der Waals surface area contributed by atoms with E-state index in [0.29, 0.717) is 33.4 Å². The van der Waals surface area contributed by atoms with Crippen molar-refractivity contribution in [2.24, 2.45) is 0 Å². The Bertz CT molecular complexity index is 1020. The molecule has 0 aliphatic rings. The minimum Gasteiger partial charge on any atom is -0.465 e. The van der Waals surface area contributed by atoms with Crippen LogP contribution in [0.25, 0.3) is 5.78 Å². The fraction of sp³-hybridized carbons (Fsp3) is 0.353. The molecule has 0 fully saturated rings. The van der Waals surface area contributed by atoms with Crippen LogP contribution in [-0.4, -0.2) is 49.2 Å². The van der Waals surface area contributed by atoms with Crippen molar-refractivity contribution in [3.05, 3.63) is 40.0 Å². The van der Waals surface area contributed by atoms with Gasteiger partial charge < -0.3 is 9.72 Å². The number of Topliss-reactive ketones (excluding diaryl/α,β-unsaturated/α-hetero) is 1. The summed E-state index contributed by atoms with van der Waals surface area (Å²) in [4.78, 5) is 31.8. The Balaban J connectivity index is 1.83. The Kier molecular flexibility index (Phi) is 4.82. The maximum absolute atomic E-state index is 12.6. The Morgan fingerprint density at radius 1 is 1.23 bits per heavy atom. The lowest BCUT2D eigenvalue weighted by Gasteiger charge is -2.04. The number of H-pyrrole nitrogens is 1. The van der Waals surface area contributed by atoms with Crippen LogP contribution in [0.3, 0.4) is 0 Å². The number of thioether (sulfide) groups is 1. The number of nitrogens with one attached hydrogen (secondary N) is 1. The molecule has 3 rings (SSSR count). The van der Waals surface area contributed by atoms with Crippen LogP contribution in [0.1, 0.15) is 43.5 Å². The van der Waals surface area contributed by atoms with Crippen molar-refractivity contribution in [3.63, 3.8) is 0 Å². The average Bonchev–Trinajstić information content (AvgIpc) is 3.12. The summed E-state index contributed by atoms with van der Waals surface area (Å²) in [5.74, 6) is 0.0937. The number of rotatable bonds is 5. The van der Waals surface area contributed by atoms with E-state index in [1.165, 1.54) is 18.9 Å². The molecule has 9 heteroatoms. The largest absolute Gasteiger partial charge is 0.465 e. The average molecular weight is 373 g/mol. The zero-order valence-corrected chi connectivity index (χ0v) is 16.0. The molecule has 0 aliphatic carbocycles. The monoisotopic (exact) mass is 373 g/mol. The summed E-state index contributed by atoms with van der Waals surface area (Å²) < 4.78 is 6.59. The number of hydrogen-bond acceptors (Lipinski definition) is 7. The van der Waals surface area contributed by atoms with Crippen molar-refractivity contribution in [2.75, 3.05) is 12.9 Å². The first-order valence-electron chi connectivity index (χ1n) is 7.96. The SMILES string of the molecule is COC(=O)c1c(C)[nH]c(C(=O)CSc2nnc3nc(C)cc(C)n23)c1C. The second kappa shape index (κ2) is 6.91. The van der Waals surface area contributed by atoms with Gasteiger partial charge in [-0.25, -0.2) is 9.78 Å². The molecule has 0 bridgehead atoms. The van der Waals surface area contributed by atoms with Gasteiger partial charge in [0.15, 0.2) is 10.9 Å². The van der Waals surface area contributed by atoms with Crippen molar-refractivity contribution in [1.29, 1.82) is 0 Å². The van der Waals surface area contributed by atoms with E-state index in [2.05, 4.69) is 20.2 Å². The molecule has 0 unspecified atom stereocenters. The molecule has 0 atom stereocenters. The second-order valence-corrected chi connectivity index (χ2v) is 6.93. The maximum atomic E-state index is 12.6. The molecule has 3 aromatic heterocycles. The summed E-state index contributed by atoms with van der Waals surface area (Å²) in [6.45, 7) is 7.31. The fourth-order valence-corrected chi connectivity index (χ4v) is 3.79. The van der Waals surface area contributed by atoms with Gasteiger partial charge >= 0.3 is 5.97 Å². The van der Waals surface area contributed by atoms with Crippen LogP contribution in [0.15, 0.2) is 11.2 Å². The molecule has 0 saturated carbocycles. The van der Waals surface area contributed by atoms with E-state index < -0.39 is 5.97 Å². The predicted octanol–water partition coefficient (Wildman–Crippen LogP) is 2.45. The van der Waals surface area contributed by atoms with Crippen LogP contribution < -0.4 is 0 Å². The number of ketones is 1. The lowest BCUT2D eigenvalue weighted by atomic mass is 10.1. The number of aromatic nitrogens is 5. The van der Waals surface area contributed by atoms with Crippen molar-refractivity contribution in [2.45, 2.75) is 32.9 Å². The van der Waals surface area contributed by atoms with E-state index in [4.69, 9.17) is 4.74 Å². The number of hydrogen-bond donors (Lipinski definition) is 1. The van der Waals surface area contributed by atoms with Gasteiger partial charge in [0, 0.05) is 17.1 Å². The summed E-state index contributed by atoms with van der Waals surface area (Å²) in [5, 5.41) is 8.79. The molecular weight excluding hydrogens is 354 g/mol. The molecule has 1 N–H and O–H groups in total. The van der Waals surface area contributed by atoms with Gasteiger partial charge in [-0.1, -0.05) is 11.8 Å². The smallest absolute Gasteiger partial charge is 0.339 e. The van der Waals surface area contributed by atoms with Gasteiger partial charge in [0.05, 0.1) is 24.1 Å². The molecule has 0 aliphatic heterocycles. The van der Waals surface area contributed by atoms with Gasteiger partial charge in [-0.05, 0) is 39.3 Å². The molecule has 0 amide bonds. The van der Waals surface area contributed by atoms with Gasteiger partial charge in [0.25, 0.3) is 5.78 Å². The summed E-state index contributed by atoms with van der Waals surface area (Å²) in [6.07, 6.45) is 0. The van der Waals surface area contributed by atoms with E-state index in [0.717, 1.165) is 11.4 Å². The number of nitrogens with zero attached hydrogens (tertiary/aromatic N) is 4. The van der Waals surface area contributed by atoms with Crippen molar-refractivity contribution in [3.8, 4) is 0 Å². The summed E-state index contributed by atoms with van der Waals surface area (Å²) in [7, 11) is 1.32. The van der Waals surface area contributed by atoms with Crippen LogP contribution in [0.5, 0.6) is 0 Å². The lowest BCUT2D eigenvalue weighted by Crippen LogP contribution is -2.07. The number of carbonyl (C=O) groups excluding carboxylic acids is 2. The lowest BCUT2D eigenvalue weighted by molar-refractivity contribution is 0.0599. The normalized spacial score (nSPS) is 11.1. The first kappa shape index (κ1) is 18.1. The van der Waals surface area contributed by atoms with Crippen LogP contribution >= 0.6 is 11.8 Å². The van der Waals surface area contributed by atoms with Crippen LogP contribution in [0, 0.1) is 27.7 Å². The highest BCUT2D eigenvalue weighted by atomic mass is 32.2. The van der Waals surface area contributed by atoms with Gasteiger partial charge in [0.1, 0.15) is 0 Å². The third-order valence-electron chi connectivity index (χ3n) is 4.10. The first-order chi connectivity index (χ1) is 12.3. The number of aromatic amines is 1. The molecule has 136 valence electrons. The minimum atomic E-state index is -0.455. The number of carbonyl (C=O) groups is 2. The van der Waals surface area contributed by atoms with Crippen molar-refractivity contribution in [1.82, 2.24) is 24.6 Å². The minimum absolute atomic E-state index is 0.125. The van der Waals surface area contributed by atoms with E-state index in [9.17, 15) is 9.59 Å². The van der Waals surface area contributed by atoms with Gasteiger partial charge in [-0.3, -0.25) is 9.20 Å². The van der Waals surface area contributed by atoms with Crippen molar-refractivity contribution < 1.29 is 14.3 Å².